The van der Waals surface area contributed by atoms with E-state index in [2.05, 4.69) is 10.6 Å². The maximum absolute atomic E-state index is 12.0. The molecule has 1 amide bonds. The van der Waals surface area contributed by atoms with Crippen molar-refractivity contribution in [2.45, 2.75) is 13.5 Å². The van der Waals surface area contributed by atoms with Crippen LogP contribution in [0.15, 0.2) is 41.2 Å². The lowest BCUT2D eigenvalue weighted by molar-refractivity contribution is 0.0951. The van der Waals surface area contributed by atoms with Crippen LogP contribution >= 0.6 is 0 Å². The predicted molar refractivity (Wildman–Crippen MR) is 70.6 cm³/mol. The van der Waals surface area contributed by atoms with E-state index in [0.29, 0.717) is 12.1 Å². The lowest BCUT2D eigenvalue weighted by Gasteiger charge is -2.10. The van der Waals surface area contributed by atoms with Gasteiger partial charge in [0.2, 0.25) is 0 Å². The maximum Gasteiger partial charge on any atom is 0.253 e. The quantitative estimate of drug-likeness (QED) is 0.869. The van der Waals surface area contributed by atoms with Crippen LogP contribution in [0.25, 0.3) is 0 Å². The van der Waals surface area contributed by atoms with Gasteiger partial charge in [-0.3, -0.25) is 4.79 Å². The first-order valence-electron chi connectivity index (χ1n) is 5.78. The Morgan fingerprint density at radius 3 is 2.83 bits per heavy atom. The van der Waals surface area contributed by atoms with Gasteiger partial charge in [-0.05, 0) is 30.7 Å². The van der Waals surface area contributed by atoms with Crippen molar-refractivity contribution in [3.63, 3.8) is 0 Å². The molecule has 0 spiro atoms. The van der Waals surface area contributed by atoms with Crippen molar-refractivity contribution in [1.82, 2.24) is 5.32 Å². The molecule has 0 radical (unpaired) electrons. The monoisotopic (exact) mass is 244 g/mol. The number of benzene rings is 1. The van der Waals surface area contributed by atoms with Crippen LogP contribution in [0.3, 0.4) is 0 Å². The van der Waals surface area contributed by atoms with E-state index in [4.69, 9.17) is 4.42 Å². The fourth-order valence-electron chi connectivity index (χ4n) is 1.73. The summed E-state index contributed by atoms with van der Waals surface area (Å²) in [5, 5.41) is 5.89. The van der Waals surface area contributed by atoms with Crippen LogP contribution in [0.5, 0.6) is 0 Å². The van der Waals surface area contributed by atoms with Gasteiger partial charge in [-0.1, -0.05) is 6.07 Å². The Bertz CT molecular complexity index is 533. The number of nitrogens with one attached hydrogen (secondary N) is 2. The van der Waals surface area contributed by atoms with Gasteiger partial charge in [0.15, 0.2) is 0 Å². The summed E-state index contributed by atoms with van der Waals surface area (Å²) >= 11 is 0. The van der Waals surface area contributed by atoms with E-state index in [9.17, 15) is 4.79 Å². The van der Waals surface area contributed by atoms with Crippen LogP contribution in [0.2, 0.25) is 0 Å². The van der Waals surface area contributed by atoms with Crippen LogP contribution in [0, 0.1) is 6.92 Å². The zero-order valence-electron chi connectivity index (χ0n) is 10.5. The van der Waals surface area contributed by atoms with Crippen molar-refractivity contribution in [1.29, 1.82) is 0 Å². The van der Waals surface area contributed by atoms with Gasteiger partial charge in [-0.15, -0.1) is 0 Å². The van der Waals surface area contributed by atoms with Crippen molar-refractivity contribution in [2.24, 2.45) is 0 Å². The van der Waals surface area contributed by atoms with E-state index in [0.717, 1.165) is 16.8 Å². The number of carbonyl (C=O) groups excluding carboxylic acids is 1. The molecule has 2 rings (SSSR count). The molecule has 0 unspecified atom stereocenters. The highest BCUT2D eigenvalue weighted by Crippen LogP contribution is 2.17. The van der Waals surface area contributed by atoms with E-state index in [-0.39, 0.29) is 5.91 Å². The number of amides is 1. The number of hydrogen-bond acceptors (Lipinski definition) is 3. The van der Waals surface area contributed by atoms with Crippen molar-refractivity contribution in [3.05, 3.63) is 53.5 Å². The molecule has 2 N–H and O–H groups in total. The van der Waals surface area contributed by atoms with E-state index in [1.54, 1.807) is 12.5 Å². The second-order valence-corrected chi connectivity index (χ2v) is 4.11. The van der Waals surface area contributed by atoms with Gasteiger partial charge in [0.05, 0.1) is 18.1 Å². The number of furan rings is 1. The molecule has 18 heavy (non-hydrogen) atoms. The van der Waals surface area contributed by atoms with Crippen LogP contribution in [-0.2, 0) is 6.54 Å². The number of hydrogen-bond donors (Lipinski definition) is 2. The van der Waals surface area contributed by atoms with Gasteiger partial charge in [-0.25, -0.2) is 0 Å². The molecular formula is C14H16N2O2. The smallest absolute Gasteiger partial charge is 0.253 e. The fourth-order valence-corrected chi connectivity index (χ4v) is 1.73. The SMILES string of the molecule is CNc1cc(C)ccc1C(=O)NCc1ccoc1. The third-order valence-electron chi connectivity index (χ3n) is 2.72. The highest BCUT2D eigenvalue weighted by atomic mass is 16.3. The Labute approximate surface area is 106 Å². The molecule has 1 aromatic carbocycles. The molecule has 0 bridgehead atoms. The average Bonchev–Trinajstić information content (AvgIpc) is 2.88. The Morgan fingerprint density at radius 2 is 2.17 bits per heavy atom. The standard InChI is InChI=1S/C14H16N2O2/c1-10-3-4-12(13(7-10)15-2)14(17)16-8-11-5-6-18-9-11/h3-7,9,15H,8H2,1-2H3,(H,16,17). The molecule has 0 saturated heterocycles. The van der Waals surface area contributed by atoms with Crippen LogP contribution in [0.1, 0.15) is 21.5 Å². The van der Waals surface area contributed by atoms with E-state index in [1.807, 2.05) is 38.2 Å². The Balaban J connectivity index is 2.09. The minimum atomic E-state index is -0.0967. The van der Waals surface area contributed by atoms with Gasteiger partial charge < -0.3 is 15.1 Å². The zero-order valence-corrected chi connectivity index (χ0v) is 10.5. The normalized spacial score (nSPS) is 10.1. The van der Waals surface area contributed by atoms with Gasteiger partial charge >= 0.3 is 0 Å². The first-order chi connectivity index (χ1) is 8.70. The van der Waals surface area contributed by atoms with Crippen LogP contribution in [0.4, 0.5) is 5.69 Å². The maximum atomic E-state index is 12.0. The van der Waals surface area contributed by atoms with Crippen LogP contribution in [-0.4, -0.2) is 13.0 Å². The minimum Gasteiger partial charge on any atom is -0.472 e. The first-order valence-corrected chi connectivity index (χ1v) is 5.78. The zero-order chi connectivity index (χ0) is 13.0. The number of rotatable bonds is 4. The van der Waals surface area contributed by atoms with E-state index < -0.39 is 0 Å². The Hall–Kier alpha value is -2.23. The summed E-state index contributed by atoms with van der Waals surface area (Å²) in [5.41, 5.74) is 3.54. The summed E-state index contributed by atoms with van der Waals surface area (Å²) in [6.45, 7) is 2.46. The van der Waals surface area contributed by atoms with Crippen LogP contribution < -0.4 is 10.6 Å². The average molecular weight is 244 g/mol. The van der Waals surface area contributed by atoms with Crippen molar-refractivity contribution >= 4 is 11.6 Å². The lowest BCUT2D eigenvalue weighted by Crippen LogP contribution is -2.23. The van der Waals surface area contributed by atoms with Crippen molar-refractivity contribution in [2.75, 3.05) is 12.4 Å². The fraction of sp³-hybridized carbons (Fsp3) is 0.214. The second kappa shape index (κ2) is 5.40. The van der Waals surface area contributed by atoms with Crippen molar-refractivity contribution < 1.29 is 9.21 Å². The summed E-state index contributed by atoms with van der Waals surface area (Å²) in [7, 11) is 1.81. The molecule has 0 aliphatic rings. The third-order valence-corrected chi connectivity index (χ3v) is 2.72. The number of carbonyl (C=O) groups is 1. The highest BCUT2D eigenvalue weighted by Gasteiger charge is 2.10. The summed E-state index contributed by atoms with van der Waals surface area (Å²) in [6, 6.07) is 7.53. The van der Waals surface area contributed by atoms with E-state index >= 15 is 0 Å². The molecule has 1 heterocycles. The molecule has 2 aromatic rings. The highest BCUT2D eigenvalue weighted by molar-refractivity contribution is 5.99. The lowest BCUT2D eigenvalue weighted by atomic mass is 10.1. The minimum absolute atomic E-state index is 0.0967. The predicted octanol–water partition coefficient (Wildman–Crippen LogP) is 2.56. The summed E-state index contributed by atoms with van der Waals surface area (Å²) < 4.78 is 4.95. The molecule has 0 atom stereocenters. The molecule has 0 aliphatic heterocycles. The molecule has 4 heteroatoms. The molecule has 94 valence electrons. The van der Waals surface area contributed by atoms with Gasteiger partial charge in [0, 0.05) is 24.8 Å². The third kappa shape index (κ3) is 2.71. The van der Waals surface area contributed by atoms with Gasteiger partial charge in [0.1, 0.15) is 0 Å². The summed E-state index contributed by atoms with van der Waals surface area (Å²) in [5.74, 6) is -0.0967. The Morgan fingerprint density at radius 1 is 1.33 bits per heavy atom. The van der Waals surface area contributed by atoms with E-state index in [1.165, 1.54) is 0 Å². The summed E-state index contributed by atoms with van der Waals surface area (Å²) in [4.78, 5) is 12.0. The second-order valence-electron chi connectivity index (χ2n) is 4.11. The molecule has 1 aromatic heterocycles. The topological polar surface area (TPSA) is 54.3 Å². The number of anilines is 1. The molecule has 0 saturated carbocycles. The Kier molecular flexibility index (Phi) is 3.67. The van der Waals surface area contributed by atoms with Gasteiger partial charge in [0.25, 0.3) is 5.91 Å². The summed E-state index contributed by atoms with van der Waals surface area (Å²) in [6.07, 6.45) is 3.21. The molecular weight excluding hydrogens is 228 g/mol. The van der Waals surface area contributed by atoms with Gasteiger partial charge in [-0.2, -0.15) is 0 Å². The first kappa shape index (κ1) is 12.2. The number of aryl methyl sites for hydroxylation is 1. The van der Waals surface area contributed by atoms with Crippen molar-refractivity contribution in [3.8, 4) is 0 Å². The molecule has 4 nitrogen and oxygen atoms in total. The molecule has 0 fully saturated rings. The molecule has 0 aliphatic carbocycles. The largest absolute Gasteiger partial charge is 0.472 e.